The Bertz CT molecular complexity index is 914. The number of anilines is 1. The van der Waals surface area contributed by atoms with E-state index in [0.717, 1.165) is 17.2 Å². The number of hydrogen-bond donors (Lipinski definition) is 2. The summed E-state index contributed by atoms with van der Waals surface area (Å²) in [5, 5.41) is 0. The van der Waals surface area contributed by atoms with Gasteiger partial charge in [-0.1, -0.05) is 42.5 Å². The van der Waals surface area contributed by atoms with Crippen LogP contribution in [0.15, 0.2) is 72.8 Å². The minimum Gasteiger partial charge on any atom is -0.361 e. The summed E-state index contributed by atoms with van der Waals surface area (Å²) in [5.41, 5.74) is 4.70. The molecule has 0 aliphatic rings. The van der Waals surface area contributed by atoms with Gasteiger partial charge in [-0.05, 0) is 35.4 Å². The van der Waals surface area contributed by atoms with Gasteiger partial charge in [0.2, 0.25) is 0 Å². The number of nitrogens with zero attached hydrogens (tertiary/aromatic N) is 1. The van der Waals surface area contributed by atoms with E-state index in [0.29, 0.717) is 24.3 Å². The van der Waals surface area contributed by atoms with Crippen LogP contribution in [0.5, 0.6) is 0 Å². The second-order valence-electron chi connectivity index (χ2n) is 6.11. The van der Waals surface area contributed by atoms with Gasteiger partial charge in [0, 0.05) is 24.7 Å². The SMILES string of the molecule is NNC(=O)c1ccc(CN(Cc2ccccc2)c2ccc(F)cc2F)cc1. The summed E-state index contributed by atoms with van der Waals surface area (Å²) in [6, 6.07) is 20.0. The molecule has 0 radical (unpaired) electrons. The van der Waals surface area contributed by atoms with Gasteiger partial charge in [-0.2, -0.15) is 0 Å². The van der Waals surface area contributed by atoms with E-state index in [1.54, 1.807) is 24.3 Å². The molecule has 3 aromatic carbocycles. The van der Waals surface area contributed by atoms with Gasteiger partial charge in [-0.3, -0.25) is 10.2 Å². The van der Waals surface area contributed by atoms with Gasteiger partial charge in [0.25, 0.3) is 5.91 Å². The van der Waals surface area contributed by atoms with Gasteiger partial charge in [0.15, 0.2) is 0 Å². The summed E-state index contributed by atoms with van der Waals surface area (Å²) in [5.74, 6) is 3.51. The zero-order valence-corrected chi connectivity index (χ0v) is 14.5. The first kappa shape index (κ1) is 18.5. The van der Waals surface area contributed by atoms with Crippen LogP contribution in [-0.4, -0.2) is 5.91 Å². The van der Waals surface area contributed by atoms with E-state index < -0.39 is 11.6 Å². The predicted octanol–water partition coefficient (Wildman–Crippen LogP) is 3.78. The monoisotopic (exact) mass is 367 g/mol. The number of benzene rings is 3. The molecule has 0 heterocycles. The molecule has 3 N–H and O–H groups in total. The molecule has 0 fully saturated rings. The fourth-order valence-electron chi connectivity index (χ4n) is 2.83. The van der Waals surface area contributed by atoms with E-state index in [1.165, 1.54) is 12.1 Å². The van der Waals surface area contributed by atoms with Crippen LogP contribution in [0.2, 0.25) is 0 Å². The lowest BCUT2D eigenvalue weighted by molar-refractivity contribution is 0.0953. The van der Waals surface area contributed by atoms with Gasteiger partial charge >= 0.3 is 0 Å². The van der Waals surface area contributed by atoms with E-state index in [2.05, 4.69) is 5.43 Å². The van der Waals surface area contributed by atoms with Crippen LogP contribution in [-0.2, 0) is 13.1 Å². The number of nitrogen functional groups attached to an aromatic ring is 1. The Kier molecular flexibility index (Phi) is 5.78. The molecule has 0 unspecified atom stereocenters. The molecule has 0 aromatic heterocycles. The van der Waals surface area contributed by atoms with Crippen LogP contribution < -0.4 is 16.2 Å². The topological polar surface area (TPSA) is 58.4 Å². The first-order valence-corrected chi connectivity index (χ1v) is 8.40. The lowest BCUT2D eigenvalue weighted by atomic mass is 10.1. The van der Waals surface area contributed by atoms with E-state index in [-0.39, 0.29) is 5.91 Å². The number of rotatable bonds is 6. The van der Waals surface area contributed by atoms with Crippen molar-refractivity contribution in [2.75, 3.05) is 4.90 Å². The third kappa shape index (κ3) is 4.68. The molecule has 1 amide bonds. The molecule has 4 nitrogen and oxygen atoms in total. The van der Waals surface area contributed by atoms with Crippen LogP contribution in [0.4, 0.5) is 14.5 Å². The van der Waals surface area contributed by atoms with Gasteiger partial charge in [-0.25, -0.2) is 14.6 Å². The fraction of sp³-hybridized carbons (Fsp3) is 0.0952. The van der Waals surface area contributed by atoms with Gasteiger partial charge in [0.05, 0.1) is 5.69 Å². The molecule has 138 valence electrons. The number of carbonyl (C=O) groups excluding carboxylic acids is 1. The lowest BCUT2D eigenvalue weighted by Crippen LogP contribution is -2.30. The Morgan fingerprint density at radius 2 is 1.52 bits per heavy atom. The summed E-state index contributed by atoms with van der Waals surface area (Å²) in [6.45, 7) is 0.844. The van der Waals surface area contributed by atoms with Crippen molar-refractivity contribution in [1.82, 2.24) is 5.43 Å². The molecule has 6 heteroatoms. The maximum absolute atomic E-state index is 14.4. The number of nitrogens with one attached hydrogen (secondary N) is 1. The number of nitrogens with two attached hydrogens (primary N) is 1. The summed E-state index contributed by atoms with van der Waals surface area (Å²) in [6.07, 6.45) is 0. The standard InChI is InChI=1S/C21H19F2N3O/c22-18-10-11-20(19(23)12-18)26(13-15-4-2-1-3-5-15)14-16-6-8-17(9-7-16)21(27)25-24/h1-12H,13-14,24H2,(H,25,27). The quantitative estimate of drug-likeness (QED) is 0.396. The third-order valence-electron chi connectivity index (χ3n) is 4.19. The Morgan fingerprint density at radius 3 is 2.11 bits per heavy atom. The highest BCUT2D eigenvalue weighted by Crippen LogP contribution is 2.24. The van der Waals surface area contributed by atoms with Crippen molar-refractivity contribution in [3.63, 3.8) is 0 Å². The smallest absolute Gasteiger partial charge is 0.265 e. The van der Waals surface area contributed by atoms with Crippen molar-refractivity contribution >= 4 is 11.6 Å². The molecule has 0 saturated carbocycles. The van der Waals surface area contributed by atoms with E-state index in [9.17, 15) is 13.6 Å². The van der Waals surface area contributed by atoms with Crippen LogP contribution in [0, 0.1) is 11.6 Å². The highest BCUT2D eigenvalue weighted by molar-refractivity contribution is 5.93. The molecule has 0 saturated heterocycles. The van der Waals surface area contributed by atoms with Crippen LogP contribution in [0.1, 0.15) is 21.5 Å². The molecule has 0 atom stereocenters. The summed E-state index contributed by atoms with van der Waals surface area (Å²) in [7, 11) is 0. The van der Waals surface area contributed by atoms with E-state index in [4.69, 9.17) is 5.84 Å². The Labute approximate surface area is 156 Å². The number of hydrazine groups is 1. The zero-order valence-electron chi connectivity index (χ0n) is 14.5. The van der Waals surface area contributed by atoms with E-state index in [1.807, 2.05) is 35.2 Å². The van der Waals surface area contributed by atoms with Crippen LogP contribution in [0.3, 0.4) is 0 Å². The minimum atomic E-state index is -0.620. The van der Waals surface area contributed by atoms with Crippen molar-refractivity contribution in [1.29, 1.82) is 0 Å². The molecular formula is C21H19F2N3O. The van der Waals surface area contributed by atoms with Gasteiger partial charge in [0.1, 0.15) is 11.6 Å². The highest BCUT2D eigenvalue weighted by Gasteiger charge is 2.14. The van der Waals surface area contributed by atoms with Crippen LogP contribution in [0.25, 0.3) is 0 Å². The normalized spacial score (nSPS) is 10.5. The fourth-order valence-corrected chi connectivity index (χ4v) is 2.83. The number of halogens is 2. The largest absolute Gasteiger partial charge is 0.361 e. The van der Waals surface area contributed by atoms with Crippen molar-refractivity contribution in [3.8, 4) is 0 Å². The highest BCUT2D eigenvalue weighted by atomic mass is 19.1. The number of hydrogen-bond acceptors (Lipinski definition) is 3. The minimum absolute atomic E-state index is 0.309. The molecule has 0 aliphatic heterocycles. The van der Waals surface area contributed by atoms with Gasteiger partial charge < -0.3 is 4.90 Å². The second kappa shape index (κ2) is 8.42. The van der Waals surface area contributed by atoms with Crippen molar-refractivity contribution in [2.24, 2.45) is 5.84 Å². The molecule has 0 bridgehead atoms. The first-order valence-electron chi connectivity index (χ1n) is 8.40. The summed E-state index contributed by atoms with van der Waals surface area (Å²) >= 11 is 0. The lowest BCUT2D eigenvalue weighted by Gasteiger charge is -2.26. The maximum atomic E-state index is 14.4. The third-order valence-corrected chi connectivity index (χ3v) is 4.19. The Morgan fingerprint density at radius 1 is 0.889 bits per heavy atom. The van der Waals surface area contributed by atoms with Crippen molar-refractivity contribution in [3.05, 3.63) is 101 Å². The van der Waals surface area contributed by atoms with Crippen molar-refractivity contribution in [2.45, 2.75) is 13.1 Å². The Balaban J connectivity index is 1.88. The average Bonchev–Trinajstić information content (AvgIpc) is 2.68. The van der Waals surface area contributed by atoms with Crippen LogP contribution >= 0.6 is 0 Å². The number of amides is 1. The Hall–Kier alpha value is -3.25. The molecule has 3 aromatic rings. The predicted molar refractivity (Wildman–Crippen MR) is 101 cm³/mol. The number of carbonyl (C=O) groups is 1. The second-order valence-corrected chi connectivity index (χ2v) is 6.11. The zero-order chi connectivity index (χ0) is 19.2. The summed E-state index contributed by atoms with van der Waals surface area (Å²) in [4.78, 5) is 13.4. The van der Waals surface area contributed by atoms with Crippen molar-refractivity contribution < 1.29 is 13.6 Å². The average molecular weight is 367 g/mol. The molecule has 0 spiro atoms. The van der Waals surface area contributed by atoms with Gasteiger partial charge in [-0.15, -0.1) is 0 Å². The molecule has 27 heavy (non-hydrogen) atoms. The van der Waals surface area contributed by atoms with E-state index >= 15 is 0 Å². The maximum Gasteiger partial charge on any atom is 0.265 e. The first-order chi connectivity index (χ1) is 13.1. The molecular weight excluding hydrogens is 348 g/mol. The molecule has 3 rings (SSSR count). The summed E-state index contributed by atoms with van der Waals surface area (Å²) < 4.78 is 27.7. The molecule has 0 aliphatic carbocycles.